The topological polar surface area (TPSA) is 43.9 Å². The quantitative estimate of drug-likeness (QED) is 0.784. The molecular formula is C20H22ClN3O2S. The van der Waals surface area contributed by atoms with Gasteiger partial charge in [-0.15, -0.1) is 11.3 Å². The van der Waals surface area contributed by atoms with Crippen LogP contribution >= 0.6 is 22.9 Å². The summed E-state index contributed by atoms with van der Waals surface area (Å²) in [5, 5.41) is 2.61. The second-order valence-corrected chi connectivity index (χ2v) is 8.40. The highest BCUT2D eigenvalue weighted by atomic mass is 35.5. The number of amides is 2. The average Bonchev–Trinajstić information content (AvgIpc) is 3.34. The Bertz CT molecular complexity index is 832. The number of hydrogen-bond acceptors (Lipinski definition) is 4. The molecule has 2 aliphatic rings. The lowest BCUT2D eigenvalue weighted by molar-refractivity contribution is -0.117. The van der Waals surface area contributed by atoms with E-state index in [2.05, 4.69) is 22.4 Å². The number of carbonyl (C=O) groups excluding carboxylic acids is 2. The monoisotopic (exact) mass is 403 g/mol. The first kappa shape index (κ1) is 18.5. The molecule has 3 heterocycles. The molecule has 1 aromatic heterocycles. The Hall–Kier alpha value is -1.89. The Morgan fingerprint density at radius 2 is 1.93 bits per heavy atom. The van der Waals surface area contributed by atoms with Crippen molar-refractivity contribution >= 4 is 40.4 Å². The van der Waals surface area contributed by atoms with Gasteiger partial charge < -0.3 is 9.80 Å². The zero-order valence-electron chi connectivity index (χ0n) is 15.1. The van der Waals surface area contributed by atoms with Crippen molar-refractivity contribution in [1.82, 2.24) is 9.80 Å². The number of hydrogen-bond donors (Lipinski definition) is 0. The zero-order chi connectivity index (χ0) is 18.8. The van der Waals surface area contributed by atoms with Gasteiger partial charge in [0.2, 0.25) is 5.91 Å². The molecule has 1 aromatic carbocycles. The number of rotatable bonds is 4. The molecule has 0 unspecified atom stereocenters. The van der Waals surface area contributed by atoms with Crippen LogP contribution in [0.2, 0.25) is 5.02 Å². The molecule has 0 atom stereocenters. The molecule has 4 rings (SSSR count). The Labute approximate surface area is 168 Å². The zero-order valence-corrected chi connectivity index (χ0v) is 16.6. The average molecular weight is 404 g/mol. The molecule has 0 saturated carbocycles. The standard InChI is InChI=1S/C20H22ClN3O2S/c21-17-6-5-15(13-18(17)24-7-1-4-19(24)25)20(26)23-10-8-22(9-11-23)14-16-3-2-12-27-16/h2-3,5-6,12-13H,1,4,7-11,14H2. The summed E-state index contributed by atoms with van der Waals surface area (Å²) in [6.45, 7) is 4.78. The van der Waals surface area contributed by atoms with Crippen LogP contribution < -0.4 is 4.90 Å². The van der Waals surface area contributed by atoms with E-state index in [-0.39, 0.29) is 11.8 Å². The third kappa shape index (κ3) is 4.03. The van der Waals surface area contributed by atoms with Gasteiger partial charge in [-0.1, -0.05) is 17.7 Å². The van der Waals surface area contributed by atoms with Crippen molar-refractivity contribution in [3.8, 4) is 0 Å². The van der Waals surface area contributed by atoms with Crippen molar-refractivity contribution in [2.24, 2.45) is 0 Å². The van der Waals surface area contributed by atoms with Crippen molar-refractivity contribution in [3.63, 3.8) is 0 Å². The maximum Gasteiger partial charge on any atom is 0.254 e. The normalized spacial score (nSPS) is 18.3. The van der Waals surface area contributed by atoms with Gasteiger partial charge >= 0.3 is 0 Å². The number of nitrogens with zero attached hydrogens (tertiary/aromatic N) is 3. The minimum atomic E-state index is 0.00957. The Balaban J connectivity index is 1.42. The summed E-state index contributed by atoms with van der Waals surface area (Å²) < 4.78 is 0. The third-order valence-electron chi connectivity index (χ3n) is 5.18. The van der Waals surface area contributed by atoms with Gasteiger partial charge in [0.25, 0.3) is 5.91 Å². The molecule has 0 aliphatic carbocycles. The van der Waals surface area contributed by atoms with Crippen LogP contribution in [-0.4, -0.2) is 54.3 Å². The fraction of sp³-hybridized carbons (Fsp3) is 0.400. The molecule has 2 aromatic rings. The molecule has 0 radical (unpaired) electrons. The van der Waals surface area contributed by atoms with E-state index in [9.17, 15) is 9.59 Å². The van der Waals surface area contributed by atoms with E-state index >= 15 is 0 Å². The molecule has 2 amide bonds. The number of benzene rings is 1. The number of piperazine rings is 1. The lowest BCUT2D eigenvalue weighted by atomic mass is 10.1. The molecule has 2 fully saturated rings. The lowest BCUT2D eigenvalue weighted by Crippen LogP contribution is -2.48. The van der Waals surface area contributed by atoms with Gasteiger partial charge in [-0.25, -0.2) is 0 Å². The number of carbonyl (C=O) groups is 2. The summed E-state index contributed by atoms with van der Waals surface area (Å²) in [5.74, 6) is 0.0824. The fourth-order valence-corrected chi connectivity index (χ4v) is 4.64. The van der Waals surface area contributed by atoms with Crippen LogP contribution in [0.1, 0.15) is 28.1 Å². The maximum atomic E-state index is 12.9. The molecule has 0 bridgehead atoms. The van der Waals surface area contributed by atoms with E-state index in [1.165, 1.54) is 4.88 Å². The van der Waals surface area contributed by atoms with E-state index < -0.39 is 0 Å². The van der Waals surface area contributed by atoms with Crippen molar-refractivity contribution in [2.45, 2.75) is 19.4 Å². The minimum absolute atomic E-state index is 0.00957. The molecular weight excluding hydrogens is 382 g/mol. The summed E-state index contributed by atoms with van der Waals surface area (Å²) in [6, 6.07) is 9.47. The van der Waals surface area contributed by atoms with Crippen LogP contribution in [0.25, 0.3) is 0 Å². The van der Waals surface area contributed by atoms with Gasteiger partial charge in [-0.05, 0) is 36.1 Å². The Morgan fingerprint density at radius 3 is 2.59 bits per heavy atom. The SMILES string of the molecule is O=C(c1ccc(Cl)c(N2CCCC2=O)c1)N1CCN(Cc2cccs2)CC1. The summed E-state index contributed by atoms with van der Waals surface area (Å²) in [5.41, 5.74) is 1.25. The molecule has 0 N–H and O–H groups in total. The molecule has 142 valence electrons. The molecule has 2 aliphatic heterocycles. The number of thiophene rings is 1. The maximum absolute atomic E-state index is 12.9. The van der Waals surface area contributed by atoms with Gasteiger partial charge in [0.1, 0.15) is 0 Å². The smallest absolute Gasteiger partial charge is 0.254 e. The van der Waals surface area contributed by atoms with E-state index in [4.69, 9.17) is 11.6 Å². The third-order valence-corrected chi connectivity index (χ3v) is 6.36. The Kier molecular flexibility index (Phi) is 5.48. The highest BCUT2D eigenvalue weighted by Gasteiger charge is 2.26. The summed E-state index contributed by atoms with van der Waals surface area (Å²) >= 11 is 8.06. The second-order valence-electron chi connectivity index (χ2n) is 6.96. The Morgan fingerprint density at radius 1 is 1.11 bits per heavy atom. The van der Waals surface area contributed by atoms with Gasteiger partial charge in [0.05, 0.1) is 10.7 Å². The van der Waals surface area contributed by atoms with Crippen LogP contribution in [-0.2, 0) is 11.3 Å². The molecule has 7 heteroatoms. The number of halogens is 1. The predicted molar refractivity (Wildman–Crippen MR) is 109 cm³/mol. The predicted octanol–water partition coefficient (Wildman–Crippen LogP) is 3.49. The molecule has 2 saturated heterocycles. The van der Waals surface area contributed by atoms with E-state index in [1.54, 1.807) is 34.4 Å². The first-order valence-electron chi connectivity index (χ1n) is 9.26. The number of anilines is 1. The first-order chi connectivity index (χ1) is 13.1. The largest absolute Gasteiger partial charge is 0.336 e. The van der Waals surface area contributed by atoms with Crippen molar-refractivity contribution in [3.05, 3.63) is 51.2 Å². The van der Waals surface area contributed by atoms with E-state index in [0.29, 0.717) is 42.3 Å². The lowest BCUT2D eigenvalue weighted by Gasteiger charge is -2.34. The van der Waals surface area contributed by atoms with Crippen LogP contribution in [0.5, 0.6) is 0 Å². The van der Waals surface area contributed by atoms with Crippen LogP contribution in [0.15, 0.2) is 35.7 Å². The van der Waals surface area contributed by atoms with Gasteiger partial charge in [-0.2, -0.15) is 0 Å². The van der Waals surface area contributed by atoms with Gasteiger partial charge in [-0.3, -0.25) is 14.5 Å². The van der Waals surface area contributed by atoms with Crippen LogP contribution in [0.3, 0.4) is 0 Å². The highest BCUT2D eigenvalue weighted by molar-refractivity contribution is 7.09. The highest BCUT2D eigenvalue weighted by Crippen LogP contribution is 2.31. The van der Waals surface area contributed by atoms with Crippen LogP contribution in [0, 0.1) is 0 Å². The van der Waals surface area contributed by atoms with E-state index in [0.717, 1.165) is 26.1 Å². The van der Waals surface area contributed by atoms with Crippen molar-refractivity contribution in [1.29, 1.82) is 0 Å². The summed E-state index contributed by atoms with van der Waals surface area (Å²) in [4.78, 5) is 32.3. The molecule has 5 nitrogen and oxygen atoms in total. The van der Waals surface area contributed by atoms with Crippen molar-refractivity contribution in [2.75, 3.05) is 37.6 Å². The minimum Gasteiger partial charge on any atom is -0.336 e. The molecule has 0 spiro atoms. The van der Waals surface area contributed by atoms with Gasteiger partial charge in [0.15, 0.2) is 0 Å². The van der Waals surface area contributed by atoms with Crippen LogP contribution in [0.4, 0.5) is 5.69 Å². The van der Waals surface area contributed by atoms with E-state index in [1.807, 2.05) is 4.90 Å². The molecule has 27 heavy (non-hydrogen) atoms. The first-order valence-corrected chi connectivity index (χ1v) is 10.5. The summed E-state index contributed by atoms with van der Waals surface area (Å²) in [6.07, 6.45) is 1.38. The summed E-state index contributed by atoms with van der Waals surface area (Å²) in [7, 11) is 0. The van der Waals surface area contributed by atoms with Crippen molar-refractivity contribution < 1.29 is 9.59 Å². The fourth-order valence-electron chi connectivity index (χ4n) is 3.67. The second kappa shape index (κ2) is 8.00. The van der Waals surface area contributed by atoms with Gasteiger partial charge in [0, 0.05) is 56.1 Å².